The molecule has 1 fully saturated rings. The monoisotopic (exact) mass is 327 g/mol. The number of amides is 1. The van der Waals surface area contributed by atoms with Crippen LogP contribution in [0.25, 0.3) is 0 Å². The number of alkyl halides is 3. The highest BCUT2D eigenvalue weighted by Crippen LogP contribution is 2.30. The molecule has 1 saturated heterocycles. The van der Waals surface area contributed by atoms with Gasteiger partial charge < -0.3 is 14.2 Å². The maximum Gasteiger partial charge on any atom is 0.573 e. The zero-order valence-corrected chi connectivity index (χ0v) is 11.8. The number of ether oxygens (including phenoxy) is 1. The zero-order chi connectivity index (χ0) is 16.4. The van der Waals surface area contributed by atoms with Gasteiger partial charge in [-0.3, -0.25) is 4.79 Å². The number of hydrogen-bond acceptors (Lipinski definition) is 5. The van der Waals surface area contributed by atoms with Crippen molar-refractivity contribution in [2.45, 2.75) is 18.7 Å². The SMILES string of the molecule is O=C(c1ccccc1OC(F)(F)F)N1CC[C@@H](c2ncon2)C1. The van der Waals surface area contributed by atoms with E-state index in [4.69, 9.17) is 0 Å². The van der Waals surface area contributed by atoms with Crippen molar-refractivity contribution in [2.75, 3.05) is 13.1 Å². The predicted molar refractivity (Wildman–Crippen MR) is 70.7 cm³/mol. The normalized spacial score (nSPS) is 18.2. The number of likely N-dealkylation sites (tertiary alicyclic amines) is 1. The van der Waals surface area contributed by atoms with Gasteiger partial charge in [0.1, 0.15) is 5.75 Å². The fraction of sp³-hybridized carbons (Fsp3) is 0.357. The van der Waals surface area contributed by atoms with E-state index in [0.29, 0.717) is 25.3 Å². The average molecular weight is 327 g/mol. The van der Waals surface area contributed by atoms with Gasteiger partial charge in [0.25, 0.3) is 5.91 Å². The van der Waals surface area contributed by atoms with E-state index in [1.807, 2.05) is 0 Å². The van der Waals surface area contributed by atoms with Crippen molar-refractivity contribution in [1.82, 2.24) is 15.0 Å². The van der Waals surface area contributed by atoms with Gasteiger partial charge in [0.2, 0.25) is 6.39 Å². The van der Waals surface area contributed by atoms with Crippen LogP contribution in [-0.4, -0.2) is 40.4 Å². The topological polar surface area (TPSA) is 68.5 Å². The first-order valence-electron chi connectivity index (χ1n) is 6.84. The molecule has 1 aromatic carbocycles. The molecule has 9 heteroatoms. The number of benzene rings is 1. The molecule has 1 aliphatic heterocycles. The van der Waals surface area contributed by atoms with Gasteiger partial charge in [-0.05, 0) is 18.6 Å². The van der Waals surface area contributed by atoms with Crippen molar-refractivity contribution in [3.05, 3.63) is 42.0 Å². The maximum absolute atomic E-state index is 12.5. The summed E-state index contributed by atoms with van der Waals surface area (Å²) in [7, 11) is 0. The van der Waals surface area contributed by atoms with E-state index in [9.17, 15) is 18.0 Å². The van der Waals surface area contributed by atoms with Crippen LogP contribution in [0.1, 0.15) is 28.5 Å². The largest absolute Gasteiger partial charge is 0.573 e. The molecule has 23 heavy (non-hydrogen) atoms. The third-order valence-electron chi connectivity index (χ3n) is 3.56. The molecule has 2 aromatic rings. The minimum absolute atomic E-state index is 0.0894. The molecule has 122 valence electrons. The summed E-state index contributed by atoms with van der Waals surface area (Å²) in [6.45, 7) is 0.719. The molecule has 1 amide bonds. The van der Waals surface area contributed by atoms with Crippen LogP contribution in [0.5, 0.6) is 5.75 Å². The minimum atomic E-state index is -4.85. The summed E-state index contributed by atoms with van der Waals surface area (Å²) >= 11 is 0. The third-order valence-corrected chi connectivity index (χ3v) is 3.56. The van der Waals surface area contributed by atoms with Crippen LogP contribution in [0.15, 0.2) is 35.2 Å². The number of carbonyl (C=O) groups is 1. The Bertz CT molecular complexity index is 688. The van der Waals surface area contributed by atoms with Gasteiger partial charge in [-0.1, -0.05) is 17.3 Å². The molecule has 0 saturated carbocycles. The molecular weight excluding hydrogens is 315 g/mol. The van der Waals surface area contributed by atoms with Crippen molar-refractivity contribution >= 4 is 5.91 Å². The fourth-order valence-corrected chi connectivity index (χ4v) is 2.54. The predicted octanol–water partition coefficient (Wildman–Crippen LogP) is 2.60. The molecule has 1 aromatic heterocycles. The van der Waals surface area contributed by atoms with Gasteiger partial charge >= 0.3 is 6.36 Å². The third kappa shape index (κ3) is 3.43. The lowest BCUT2D eigenvalue weighted by Gasteiger charge is -2.18. The number of carbonyl (C=O) groups excluding carboxylic acids is 1. The zero-order valence-electron chi connectivity index (χ0n) is 11.8. The van der Waals surface area contributed by atoms with Gasteiger partial charge in [-0.25, -0.2) is 0 Å². The van der Waals surface area contributed by atoms with E-state index in [-0.39, 0.29) is 11.5 Å². The molecule has 0 spiro atoms. The molecule has 1 aliphatic rings. The summed E-state index contributed by atoms with van der Waals surface area (Å²) in [4.78, 5) is 17.9. The number of hydrogen-bond donors (Lipinski definition) is 0. The van der Waals surface area contributed by atoms with Gasteiger partial charge in [0, 0.05) is 19.0 Å². The Morgan fingerprint density at radius 1 is 1.35 bits per heavy atom. The number of rotatable bonds is 3. The summed E-state index contributed by atoms with van der Waals surface area (Å²) in [5.41, 5.74) is -0.126. The summed E-state index contributed by atoms with van der Waals surface area (Å²) in [6, 6.07) is 5.30. The van der Waals surface area contributed by atoms with Crippen LogP contribution in [0, 0.1) is 0 Å². The quantitative estimate of drug-likeness (QED) is 0.867. The first-order valence-corrected chi connectivity index (χ1v) is 6.84. The Hall–Kier alpha value is -2.58. The maximum atomic E-state index is 12.5. The van der Waals surface area contributed by atoms with E-state index in [1.165, 1.54) is 29.5 Å². The average Bonchev–Trinajstić information content (AvgIpc) is 3.16. The molecule has 3 rings (SSSR count). The molecule has 0 aliphatic carbocycles. The van der Waals surface area contributed by atoms with E-state index in [2.05, 4.69) is 19.4 Å². The van der Waals surface area contributed by atoms with Crippen LogP contribution in [-0.2, 0) is 0 Å². The van der Waals surface area contributed by atoms with E-state index in [0.717, 1.165) is 6.07 Å². The second kappa shape index (κ2) is 5.90. The molecular formula is C14H12F3N3O3. The van der Waals surface area contributed by atoms with Crippen LogP contribution in [0.3, 0.4) is 0 Å². The van der Waals surface area contributed by atoms with Gasteiger partial charge in [-0.2, -0.15) is 4.98 Å². The second-order valence-electron chi connectivity index (χ2n) is 5.07. The molecule has 0 bridgehead atoms. The lowest BCUT2D eigenvalue weighted by atomic mass is 10.1. The van der Waals surface area contributed by atoms with Crippen LogP contribution in [0.4, 0.5) is 13.2 Å². The number of halogens is 3. The van der Waals surface area contributed by atoms with Crippen LogP contribution >= 0.6 is 0 Å². The second-order valence-corrected chi connectivity index (χ2v) is 5.07. The smallest absolute Gasteiger partial charge is 0.405 e. The number of aromatic nitrogens is 2. The number of nitrogens with zero attached hydrogens (tertiary/aromatic N) is 3. The van der Waals surface area contributed by atoms with Gasteiger partial charge in [-0.15, -0.1) is 13.2 Å². The lowest BCUT2D eigenvalue weighted by Crippen LogP contribution is -2.29. The Morgan fingerprint density at radius 3 is 2.83 bits per heavy atom. The van der Waals surface area contributed by atoms with Crippen molar-refractivity contribution in [3.63, 3.8) is 0 Å². The minimum Gasteiger partial charge on any atom is -0.405 e. The molecule has 6 nitrogen and oxygen atoms in total. The summed E-state index contributed by atoms with van der Waals surface area (Å²) in [5, 5.41) is 3.73. The summed E-state index contributed by atoms with van der Waals surface area (Å²) < 4.78 is 45.9. The first-order chi connectivity index (χ1) is 10.9. The van der Waals surface area contributed by atoms with Crippen molar-refractivity contribution in [2.24, 2.45) is 0 Å². The Morgan fingerprint density at radius 2 is 2.13 bits per heavy atom. The van der Waals surface area contributed by atoms with E-state index in [1.54, 1.807) is 0 Å². The molecule has 2 heterocycles. The first kappa shape index (κ1) is 15.3. The summed E-state index contributed by atoms with van der Waals surface area (Å²) in [6.07, 6.45) is -3.03. The van der Waals surface area contributed by atoms with E-state index >= 15 is 0 Å². The van der Waals surface area contributed by atoms with E-state index < -0.39 is 18.0 Å². The lowest BCUT2D eigenvalue weighted by molar-refractivity contribution is -0.274. The van der Waals surface area contributed by atoms with Crippen molar-refractivity contribution in [3.8, 4) is 5.75 Å². The molecule has 0 unspecified atom stereocenters. The highest BCUT2D eigenvalue weighted by Gasteiger charge is 2.35. The molecule has 0 radical (unpaired) electrons. The highest BCUT2D eigenvalue weighted by atomic mass is 19.4. The fourth-order valence-electron chi connectivity index (χ4n) is 2.54. The van der Waals surface area contributed by atoms with Gasteiger partial charge in [0.05, 0.1) is 5.56 Å². The summed E-state index contributed by atoms with van der Waals surface area (Å²) in [5.74, 6) is -0.627. The Labute approximate surface area is 128 Å². The number of para-hydroxylation sites is 1. The standard InChI is InChI=1S/C14H12F3N3O3/c15-14(16,17)23-11-4-2-1-3-10(11)13(21)20-6-5-9(7-20)12-18-8-22-19-12/h1-4,8-9H,5-7H2/t9-/m1/s1. The van der Waals surface area contributed by atoms with Crippen molar-refractivity contribution in [1.29, 1.82) is 0 Å². The van der Waals surface area contributed by atoms with Crippen molar-refractivity contribution < 1.29 is 27.2 Å². The van der Waals surface area contributed by atoms with Crippen LogP contribution < -0.4 is 4.74 Å². The Kier molecular flexibility index (Phi) is 3.93. The van der Waals surface area contributed by atoms with Crippen LogP contribution in [0.2, 0.25) is 0 Å². The highest BCUT2D eigenvalue weighted by molar-refractivity contribution is 5.97. The molecule has 0 N–H and O–H groups in total. The Balaban J connectivity index is 1.76. The van der Waals surface area contributed by atoms with Gasteiger partial charge in [0.15, 0.2) is 5.82 Å². The molecule has 1 atom stereocenters.